The van der Waals surface area contributed by atoms with Gasteiger partial charge in [0.05, 0.1) is 18.7 Å². The first-order valence-corrected chi connectivity index (χ1v) is 13.4. The van der Waals surface area contributed by atoms with E-state index in [1.54, 1.807) is 0 Å². The van der Waals surface area contributed by atoms with Crippen LogP contribution < -0.4 is 10.6 Å². The molecule has 7 rings (SSSR count). The highest BCUT2D eigenvalue weighted by Crippen LogP contribution is 2.59. The number of pyridine rings is 1. The Balaban J connectivity index is 1.11. The summed E-state index contributed by atoms with van der Waals surface area (Å²) in [5.41, 5.74) is 2.25. The number of aliphatic hydroxyl groups excluding tert-OH is 1. The molecule has 188 valence electrons. The van der Waals surface area contributed by atoms with Crippen molar-refractivity contribution in [2.45, 2.75) is 57.4 Å². The Labute approximate surface area is 206 Å². The van der Waals surface area contributed by atoms with E-state index in [2.05, 4.69) is 15.6 Å². The molecule has 3 N–H and O–H groups in total. The van der Waals surface area contributed by atoms with E-state index < -0.39 is 0 Å². The number of aromatic nitrogens is 2. The number of aliphatic hydroxyl groups is 1. The second-order valence-electron chi connectivity index (χ2n) is 11.7. The fourth-order valence-electron chi connectivity index (χ4n) is 7.89. The SMILES string of the molecule is O=C(NCC12CC3CC(CC(C3)C1)C2)c1cccc2nc(CC(=O)N3CC[C@@H](NCCO)C3)cn12. The molecule has 35 heavy (non-hydrogen) atoms. The number of carbonyl (C=O) groups excluding carboxylic acids is 2. The Bertz CT molecular complexity index is 1080. The van der Waals surface area contributed by atoms with Gasteiger partial charge in [-0.3, -0.25) is 14.0 Å². The molecule has 3 heterocycles. The van der Waals surface area contributed by atoms with Gasteiger partial charge in [-0.2, -0.15) is 0 Å². The summed E-state index contributed by atoms with van der Waals surface area (Å²) >= 11 is 0. The standard InChI is InChI=1S/C27H37N5O3/c33-7-5-28-21-4-6-31(15-21)25(34)11-22-16-32-23(2-1-3-24(32)30-22)26(35)29-17-27-12-18-8-19(13-27)10-20(9-18)14-27/h1-3,16,18-21,28,33H,4-15,17H2,(H,29,35)/t18?,19?,20?,21-,27?/m1/s1. The fraction of sp³-hybridized carbons (Fsp3) is 0.667. The Hall–Kier alpha value is -2.45. The van der Waals surface area contributed by atoms with Crippen LogP contribution in [-0.2, 0) is 11.2 Å². The van der Waals surface area contributed by atoms with E-state index in [1.165, 1.54) is 38.5 Å². The summed E-state index contributed by atoms with van der Waals surface area (Å²) < 4.78 is 1.83. The van der Waals surface area contributed by atoms with Gasteiger partial charge in [-0.15, -0.1) is 0 Å². The predicted molar refractivity (Wildman–Crippen MR) is 132 cm³/mol. The molecule has 0 unspecified atom stereocenters. The highest BCUT2D eigenvalue weighted by molar-refractivity contribution is 5.93. The van der Waals surface area contributed by atoms with Crippen molar-refractivity contribution in [2.24, 2.45) is 23.2 Å². The molecule has 2 aromatic rings. The molecule has 5 aliphatic rings. The number of nitrogens with zero attached hydrogens (tertiary/aromatic N) is 3. The molecular weight excluding hydrogens is 442 g/mol. The summed E-state index contributed by atoms with van der Waals surface area (Å²) in [6.07, 6.45) is 11.0. The van der Waals surface area contributed by atoms with E-state index in [0.29, 0.717) is 42.1 Å². The second kappa shape index (κ2) is 9.21. The molecule has 8 nitrogen and oxygen atoms in total. The van der Waals surface area contributed by atoms with Crippen LogP contribution in [0.1, 0.15) is 61.1 Å². The van der Waals surface area contributed by atoms with Crippen molar-refractivity contribution >= 4 is 17.5 Å². The smallest absolute Gasteiger partial charge is 0.268 e. The van der Waals surface area contributed by atoms with Crippen molar-refractivity contribution in [1.29, 1.82) is 0 Å². The van der Waals surface area contributed by atoms with E-state index in [1.807, 2.05) is 33.7 Å². The Morgan fingerprint density at radius 1 is 1.11 bits per heavy atom. The number of rotatable bonds is 8. The number of hydrogen-bond donors (Lipinski definition) is 3. The zero-order valence-electron chi connectivity index (χ0n) is 20.4. The predicted octanol–water partition coefficient (Wildman–Crippen LogP) is 2.01. The first kappa shape index (κ1) is 23.0. The lowest BCUT2D eigenvalue weighted by Crippen LogP contribution is -2.51. The Kier molecular flexibility index (Phi) is 6.05. The summed E-state index contributed by atoms with van der Waals surface area (Å²) in [6, 6.07) is 5.82. The molecule has 1 atom stereocenters. The lowest BCUT2D eigenvalue weighted by molar-refractivity contribution is -0.129. The first-order valence-electron chi connectivity index (χ1n) is 13.4. The van der Waals surface area contributed by atoms with E-state index in [4.69, 9.17) is 5.11 Å². The molecule has 0 radical (unpaired) electrons. The van der Waals surface area contributed by atoms with Crippen molar-refractivity contribution in [3.8, 4) is 0 Å². The van der Waals surface area contributed by atoms with Gasteiger partial charge in [0.15, 0.2) is 0 Å². The van der Waals surface area contributed by atoms with Crippen LogP contribution in [-0.4, -0.2) is 70.0 Å². The maximum Gasteiger partial charge on any atom is 0.268 e. The van der Waals surface area contributed by atoms with Gasteiger partial charge in [0.25, 0.3) is 5.91 Å². The highest BCUT2D eigenvalue weighted by atomic mass is 16.3. The van der Waals surface area contributed by atoms with Gasteiger partial charge >= 0.3 is 0 Å². The molecule has 2 amide bonds. The van der Waals surface area contributed by atoms with E-state index in [9.17, 15) is 9.59 Å². The average molecular weight is 480 g/mol. The summed E-state index contributed by atoms with van der Waals surface area (Å²) in [6.45, 7) is 2.79. The summed E-state index contributed by atoms with van der Waals surface area (Å²) in [4.78, 5) is 32.6. The van der Waals surface area contributed by atoms with Crippen molar-refractivity contribution in [3.63, 3.8) is 0 Å². The number of carbonyl (C=O) groups is 2. The largest absolute Gasteiger partial charge is 0.395 e. The molecule has 0 aromatic carbocycles. The van der Waals surface area contributed by atoms with Crippen molar-refractivity contribution in [2.75, 3.05) is 32.8 Å². The van der Waals surface area contributed by atoms with E-state index >= 15 is 0 Å². The maximum atomic E-state index is 13.3. The van der Waals surface area contributed by atoms with Crippen LogP contribution in [0.15, 0.2) is 24.4 Å². The van der Waals surface area contributed by atoms with Crippen LogP contribution >= 0.6 is 0 Å². The van der Waals surface area contributed by atoms with Gasteiger partial charge in [0.2, 0.25) is 5.91 Å². The van der Waals surface area contributed by atoms with Crippen molar-refractivity contribution < 1.29 is 14.7 Å². The lowest BCUT2D eigenvalue weighted by Gasteiger charge is -2.56. The molecule has 4 saturated carbocycles. The minimum Gasteiger partial charge on any atom is -0.395 e. The van der Waals surface area contributed by atoms with Crippen LogP contribution in [0.5, 0.6) is 0 Å². The monoisotopic (exact) mass is 479 g/mol. The molecule has 2 aromatic heterocycles. The number of amides is 2. The van der Waals surface area contributed by atoms with Crippen LogP contribution in [0.3, 0.4) is 0 Å². The lowest BCUT2D eigenvalue weighted by atomic mass is 9.49. The summed E-state index contributed by atoms with van der Waals surface area (Å²) in [5, 5.41) is 15.5. The topological polar surface area (TPSA) is 99.0 Å². The van der Waals surface area contributed by atoms with E-state index in [0.717, 1.165) is 30.7 Å². The number of likely N-dealkylation sites (tertiary alicyclic amines) is 1. The van der Waals surface area contributed by atoms with Gasteiger partial charge in [-0.1, -0.05) is 6.07 Å². The molecule has 8 heteroatoms. The summed E-state index contributed by atoms with van der Waals surface area (Å²) in [7, 11) is 0. The maximum absolute atomic E-state index is 13.3. The summed E-state index contributed by atoms with van der Waals surface area (Å²) in [5.74, 6) is 2.60. The number of nitrogens with one attached hydrogen (secondary N) is 2. The van der Waals surface area contributed by atoms with Crippen LogP contribution in [0.25, 0.3) is 5.65 Å². The van der Waals surface area contributed by atoms with Crippen LogP contribution in [0.2, 0.25) is 0 Å². The third-order valence-corrected chi connectivity index (χ3v) is 8.98. The second-order valence-corrected chi connectivity index (χ2v) is 11.7. The fourth-order valence-corrected chi connectivity index (χ4v) is 7.89. The van der Waals surface area contributed by atoms with E-state index in [-0.39, 0.29) is 30.9 Å². The van der Waals surface area contributed by atoms with Crippen LogP contribution in [0, 0.1) is 23.2 Å². The Morgan fingerprint density at radius 2 is 1.86 bits per heavy atom. The van der Waals surface area contributed by atoms with Gasteiger partial charge < -0.3 is 20.6 Å². The number of fused-ring (bicyclic) bond motifs is 1. The normalized spacial score (nSPS) is 31.4. The molecule has 1 aliphatic heterocycles. The molecule has 0 spiro atoms. The third kappa shape index (κ3) is 4.58. The molecular formula is C27H37N5O3. The Morgan fingerprint density at radius 3 is 2.57 bits per heavy atom. The molecule has 4 aliphatic carbocycles. The first-order chi connectivity index (χ1) is 17.0. The van der Waals surface area contributed by atoms with Gasteiger partial charge in [0.1, 0.15) is 11.3 Å². The minimum atomic E-state index is -0.0565. The van der Waals surface area contributed by atoms with Gasteiger partial charge in [-0.25, -0.2) is 4.98 Å². The van der Waals surface area contributed by atoms with Gasteiger partial charge in [-0.05, 0) is 80.2 Å². The van der Waals surface area contributed by atoms with Crippen molar-refractivity contribution in [3.05, 3.63) is 35.8 Å². The number of hydrogen-bond acceptors (Lipinski definition) is 5. The number of imidazole rings is 1. The average Bonchev–Trinajstić information content (AvgIpc) is 3.47. The molecule has 1 saturated heterocycles. The quantitative estimate of drug-likeness (QED) is 0.538. The highest BCUT2D eigenvalue weighted by Gasteiger charge is 2.50. The molecule has 4 bridgehead atoms. The van der Waals surface area contributed by atoms with Gasteiger partial charge in [0, 0.05) is 38.4 Å². The van der Waals surface area contributed by atoms with Crippen molar-refractivity contribution in [1.82, 2.24) is 24.9 Å². The minimum absolute atomic E-state index is 0.0505. The van der Waals surface area contributed by atoms with Crippen LogP contribution in [0.4, 0.5) is 0 Å². The molecule has 5 fully saturated rings. The zero-order chi connectivity index (χ0) is 24.0. The third-order valence-electron chi connectivity index (χ3n) is 8.98. The zero-order valence-corrected chi connectivity index (χ0v) is 20.4.